The molecular weight excluding hydrogens is 328 g/mol. The molecule has 0 amide bonds. The summed E-state index contributed by atoms with van der Waals surface area (Å²) >= 11 is 1.87. The van der Waals surface area contributed by atoms with Gasteiger partial charge in [-0.25, -0.2) is 0 Å². The fourth-order valence-corrected chi connectivity index (χ4v) is 4.23. The number of benzene rings is 2. The topological polar surface area (TPSA) is 57.9 Å². The van der Waals surface area contributed by atoms with E-state index in [9.17, 15) is 0 Å². The predicted molar refractivity (Wildman–Crippen MR) is 106 cm³/mol. The van der Waals surface area contributed by atoms with Crippen LogP contribution in [0.4, 0.5) is 0 Å². The highest BCUT2D eigenvalue weighted by molar-refractivity contribution is 8.08. The Morgan fingerprint density at radius 1 is 1.24 bits per heavy atom. The largest absolute Gasteiger partial charge is 0.365 e. The number of nitrogens with one attached hydrogen (secondary N) is 1. The van der Waals surface area contributed by atoms with Crippen LogP contribution >= 0.6 is 11.8 Å². The fourth-order valence-electron chi connectivity index (χ4n) is 3.23. The van der Waals surface area contributed by atoms with E-state index in [1.165, 1.54) is 21.4 Å². The molecule has 0 bridgehead atoms. The summed E-state index contributed by atoms with van der Waals surface area (Å²) in [6.07, 6.45) is 3.15. The fraction of sp³-hybridized carbons (Fsp3) is 0.250. The second-order valence-electron chi connectivity index (χ2n) is 6.57. The van der Waals surface area contributed by atoms with Gasteiger partial charge < -0.3 is 10.6 Å². The molecule has 1 aromatic heterocycles. The van der Waals surface area contributed by atoms with Crippen molar-refractivity contribution in [3.8, 4) is 0 Å². The summed E-state index contributed by atoms with van der Waals surface area (Å²) < 4.78 is 0. The van der Waals surface area contributed by atoms with Crippen molar-refractivity contribution in [1.82, 2.24) is 15.1 Å². The normalized spacial score (nSPS) is 15.6. The molecule has 0 unspecified atom stereocenters. The van der Waals surface area contributed by atoms with E-state index in [4.69, 9.17) is 5.73 Å². The lowest BCUT2D eigenvalue weighted by atomic mass is 10.1. The molecule has 2 heterocycles. The highest BCUT2D eigenvalue weighted by atomic mass is 32.2. The van der Waals surface area contributed by atoms with Crippen LogP contribution in [-0.4, -0.2) is 33.6 Å². The van der Waals surface area contributed by atoms with Crippen LogP contribution in [0, 0.1) is 6.92 Å². The molecule has 4 rings (SSSR count). The van der Waals surface area contributed by atoms with Crippen LogP contribution in [-0.2, 0) is 6.42 Å². The molecule has 2 aromatic carbocycles. The van der Waals surface area contributed by atoms with Crippen molar-refractivity contribution in [3.05, 3.63) is 71.6 Å². The Hall–Kier alpha value is -2.24. The molecule has 5 heteroatoms. The van der Waals surface area contributed by atoms with E-state index in [0.29, 0.717) is 0 Å². The van der Waals surface area contributed by atoms with Gasteiger partial charge in [0.05, 0.1) is 11.4 Å². The summed E-state index contributed by atoms with van der Waals surface area (Å²) in [5, 5.41) is 8.54. The van der Waals surface area contributed by atoms with Gasteiger partial charge in [-0.3, -0.25) is 5.10 Å². The van der Waals surface area contributed by atoms with Gasteiger partial charge in [-0.15, -0.1) is 11.8 Å². The summed E-state index contributed by atoms with van der Waals surface area (Å²) in [5.41, 5.74) is 11.0. The second kappa shape index (κ2) is 6.94. The van der Waals surface area contributed by atoms with Gasteiger partial charge in [0, 0.05) is 34.8 Å². The van der Waals surface area contributed by atoms with Gasteiger partial charge in [0.15, 0.2) is 0 Å². The van der Waals surface area contributed by atoms with E-state index < -0.39 is 0 Å². The predicted octanol–water partition coefficient (Wildman–Crippen LogP) is 3.75. The van der Waals surface area contributed by atoms with E-state index in [0.717, 1.165) is 30.1 Å². The number of fused-ring (bicyclic) bond motifs is 1. The highest BCUT2D eigenvalue weighted by Crippen LogP contribution is 2.35. The number of H-pyrrole nitrogens is 1. The Morgan fingerprint density at radius 3 is 2.92 bits per heavy atom. The number of rotatable bonds is 5. The van der Waals surface area contributed by atoms with Crippen LogP contribution in [0.25, 0.3) is 15.8 Å². The van der Waals surface area contributed by atoms with E-state index in [1.54, 1.807) is 0 Å². The van der Waals surface area contributed by atoms with Crippen LogP contribution in [0.1, 0.15) is 16.8 Å². The van der Waals surface area contributed by atoms with Gasteiger partial charge in [0.25, 0.3) is 0 Å². The SMILES string of the molecule is Cc1[nH]nc2ccc(C3=CN(C[C@@H](N)Cc4ccccc4)CS3)cc12. The number of hydrogen-bond donors (Lipinski definition) is 2. The zero-order valence-electron chi connectivity index (χ0n) is 14.3. The molecule has 0 saturated carbocycles. The Labute approximate surface area is 152 Å². The summed E-state index contributed by atoms with van der Waals surface area (Å²) in [7, 11) is 0. The molecule has 3 aromatic rings. The molecule has 0 spiro atoms. The number of aromatic amines is 1. The third kappa shape index (κ3) is 3.57. The number of nitrogens with two attached hydrogens (primary N) is 1. The van der Waals surface area contributed by atoms with Crippen molar-refractivity contribution >= 4 is 27.6 Å². The smallest absolute Gasteiger partial charge is 0.0924 e. The molecule has 0 radical (unpaired) electrons. The van der Waals surface area contributed by atoms with Crippen molar-refractivity contribution in [2.45, 2.75) is 19.4 Å². The number of aryl methyl sites for hydroxylation is 1. The Morgan fingerprint density at radius 2 is 2.08 bits per heavy atom. The monoisotopic (exact) mass is 350 g/mol. The van der Waals surface area contributed by atoms with Crippen molar-refractivity contribution in [2.24, 2.45) is 5.73 Å². The first kappa shape index (κ1) is 16.2. The van der Waals surface area contributed by atoms with Crippen LogP contribution in [0.2, 0.25) is 0 Å². The Bertz CT molecular complexity index is 900. The zero-order chi connectivity index (χ0) is 17.2. The zero-order valence-corrected chi connectivity index (χ0v) is 15.1. The Balaban J connectivity index is 1.45. The third-order valence-corrected chi connectivity index (χ3v) is 5.64. The lowest BCUT2D eigenvalue weighted by molar-refractivity contribution is 0.402. The quantitative estimate of drug-likeness (QED) is 0.736. The first-order chi connectivity index (χ1) is 12.2. The average Bonchev–Trinajstić information content (AvgIpc) is 3.23. The van der Waals surface area contributed by atoms with E-state index in [1.807, 2.05) is 17.8 Å². The average molecular weight is 350 g/mol. The molecule has 3 N–H and O–H groups in total. The minimum atomic E-state index is 0.136. The molecule has 0 fully saturated rings. The number of hydrogen-bond acceptors (Lipinski definition) is 4. The lowest BCUT2D eigenvalue weighted by Gasteiger charge is -2.19. The minimum Gasteiger partial charge on any atom is -0.365 e. The van der Waals surface area contributed by atoms with Crippen molar-refractivity contribution in [2.75, 3.05) is 12.4 Å². The van der Waals surface area contributed by atoms with Gasteiger partial charge in [0.1, 0.15) is 0 Å². The van der Waals surface area contributed by atoms with Gasteiger partial charge >= 0.3 is 0 Å². The lowest BCUT2D eigenvalue weighted by Crippen LogP contribution is -2.35. The number of nitrogens with zero attached hydrogens (tertiary/aromatic N) is 2. The van der Waals surface area contributed by atoms with E-state index in [-0.39, 0.29) is 6.04 Å². The summed E-state index contributed by atoms with van der Waals surface area (Å²) in [6.45, 7) is 2.93. The van der Waals surface area contributed by atoms with Crippen molar-refractivity contribution in [3.63, 3.8) is 0 Å². The third-order valence-electron chi connectivity index (χ3n) is 4.52. The Kier molecular flexibility index (Phi) is 4.51. The van der Waals surface area contributed by atoms with Gasteiger partial charge in [-0.1, -0.05) is 36.4 Å². The van der Waals surface area contributed by atoms with Crippen LogP contribution < -0.4 is 5.73 Å². The van der Waals surface area contributed by atoms with Gasteiger partial charge in [0.2, 0.25) is 0 Å². The molecule has 1 aliphatic heterocycles. The highest BCUT2D eigenvalue weighted by Gasteiger charge is 2.18. The van der Waals surface area contributed by atoms with E-state index >= 15 is 0 Å². The number of thioether (sulfide) groups is 1. The molecule has 25 heavy (non-hydrogen) atoms. The van der Waals surface area contributed by atoms with Crippen molar-refractivity contribution < 1.29 is 0 Å². The standard InChI is InChI=1S/C20H22N4S/c1-14-18-10-16(7-8-19(18)23-22-14)20-12-24(13-25-20)11-17(21)9-15-5-3-2-4-6-15/h2-8,10,12,17H,9,11,13,21H2,1H3,(H,22,23)/t17-/m0/s1. The van der Waals surface area contributed by atoms with Crippen molar-refractivity contribution in [1.29, 1.82) is 0 Å². The molecule has 0 saturated heterocycles. The maximum Gasteiger partial charge on any atom is 0.0924 e. The molecular formula is C20H22N4S. The molecule has 128 valence electrons. The first-order valence-corrected chi connectivity index (χ1v) is 9.51. The summed E-state index contributed by atoms with van der Waals surface area (Å²) in [4.78, 5) is 3.62. The van der Waals surface area contributed by atoms with Crippen LogP contribution in [0.5, 0.6) is 0 Å². The maximum absolute atomic E-state index is 6.36. The van der Waals surface area contributed by atoms with Crippen LogP contribution in [0.15, 0.2) is 54.7 Å². The van der Waals surface area contributed by atoms with E-state index in [2.05, 4.69) is 70.7 Å². The molecule has 1 atom stereocenters. The summed E-state index contributed by atoms with van der Waals surface area (Å²) in [5.74, 6) is 0.959. The summed E-state index contributed by atoms with van der Waals surface area (Å²) in [6, 6.07) is 17.1. The maximum atomic E-state index is 6.36. The van der Waals surface area contributed by atoms with Crippen LogP contribution in [0.3, 0.4) is 0 Å². The van der Waals surface area contributed by atoms with Gasteiger partial charge in [-0.2, -0.15) is 5.10 Å². The number of aromatic nitrogens is 2. The minimum absolute atomic E-state index is 0.136. The first-order valence-electron chi connectivity index (χ1n) is 8.52. The molecule has 1 aliphatic rings. The molecule has 0 aliphatic carbocycles. The molecule has 4 nitrogen and oxygen atoms in total. The van der Waals surface area contributed by atoms with Gasteiger partial charge in [-0.05, 0) is 36.6 Å². The second-order valence-corrected chi connectivity index (χ2v) is 7.56.